The fraction of sp³-hybridized carbons (Fsp3) is 0.526. The summed E-state index contributed by atoms with van der Waals surface area (Å²) in [6, 6.07) is 5.49. The van der Waals surface area contributed by atoms with E-state index in [0.717, 1.165) is 24.1 Å². The van der Waals surface area contributed by atoms with Gasteiger partial charge in [-0.05, 0) is 30.0 Å². The van der Waals surface area contributed by atoms with E-state index < -0.39 is 6.04 Å². The van der Waals surface area contributed by atoms with Gasteiger partial charge in [0.25, 0.3) is 5.91 Å². The zero-order valence-electron chi connectivity index (χ0n) is 15.0. The fourth-order valence-electron chi connectivity index (χ4n) is 4.06. The van der Waals surface area contributed by atoms with Crippen LogP contribution in [-0.4, -0.2) is 59.0 Å². The van der Waals surface area contributed by atoms with Gasteiger partial charge in [0.15, 0.2) is 0 Å². The minimum Gasteiger partial charge on any atom is -0.392 e. The number of benzene rings is 1. The summed E-state index contributed by atoms with van der Waals surface area (Å²) in [5.41, 5.74) is 2.55. The van der Waals surface area contributed by atoms with E-state index in [-0.39, 0.29) is 36.3 Å². The molecule has 3 atom stereocenters. The Bertz CT molecular complexity index is 781. The number of piperidine rings is 1. The number of hydrogen-bond donors (Lipinski definition) is 4. The van der Waals surface area contributed by atoms with Gasteiger partial charge in [0.2, 0.25) is 11.8 Å². The molecule has 4 N–H and O–H groups in total. The number of aliphatic hydroxyl groups is 1. The molecule has 4 rings (SSSR count). The first-order chi connectivity index (χ1) is 13.0. The maximum Gasteiger partial charge on any atom is 0.255 e. The largest absolute Gasteiger partial charge is 0.392 e. The highest BCUT2D eigenvalue weighted by Crippen LogP contribution is 2.28. The first-order valence-corrected chi connectivity index (χ1v) is 9.40. The predicted molar refractivity (Wildman–Crippen MR) is 96.6 cm³/mol. The summed E-state index contributed by atoms with van der Waals surface area (Å²) < 4.78 is 0. The van der Waals surface area contributed by atoms with E-state index in [2.05, 4.69) is 16.0 Å². The summed E-state index contributed by atoms with van der Waals surface area (Å²) in [7, 11) is 0. The van der Waals surface area contributed by atoms with Crippen LogP contribution in [-0.2, 0) is 22.7 Å². The molecule has 8 nitrogen and oxygen atoms in total. The van der Waals surface area contributed by atoms with Gasteiger partial charge in [0, 0.05) is 44.2 Å². The van der Waals surface area contributed by atoms with E-state index in [1.807, 2.05) is 18.2 Å². The first kappa shape index (κ1) is 18.1. The molecule has 0 saturated carbocycles. The molecule has 2 saturated heterocycles. The van der Waals surface area contributed by atoms with Crippen LogP contribution in [0.4, 0.5) is 0 Å². The smallest absolute Gasteiger partial charge is 0.255 e. The monoisotopic (exact) mass is 372 g/mol. The highest BCUT2D eigenvalue weighted by Gasteiger charge is 2.39. The highest BCUT2D eigenvalue weighted by molar-refractivity contribution is 6.05. The van der Waals surface area contributed by atoms with Crippen molar-refractivity contribution in [1.82, 2.24) is 20.9 Å². The quantitative estimate of drug-likeness (QED) is 0.507. The SMILES string of the molecule is O=C1CCC(N2Cc3ccc(CNC[C@@H]4C[C@@H](O)CN4)cc3C2=O)C(=O)N1. The van der Waals surface area contributed by atoms with Crippen LogP contribution in [0.3, 0.4) is 0 Å². The number of rotatable bonds is 5. The Kier molecular flexibility index (Phi) is 4.94. The number of nitrogens with zero attached hydrogens (tertiary/aromatic N) is 1. The minimum absolute atomic E-state index is 0.151. The minimum atomic E-state index is -0.580. The average molecular weight is 372 g/mol. The highest BCUT2D eigenvalue weighted by atomic mass is 16.3. The molecule has 1 aromatic rings. The van der Waals surface area contributed by atoms with E-state index in [1.165, 1.54) is 0 Å². The predicted octanol–water partition coefficient (Wildman–Crippen LogP) is -0.740. The van der Waals surface area contributed by atoms with Crippen LogP contribution in [0.15, 0.2) is 18.2 Å². The van der Waals surface area contributed by atoms with Crippen molar-refractivity contribution in [2.75, 3.05) is 13.1 Å². The van der Waals surface area contributed by atoms with Gasteiger partial charge in [-0.3, -0.25) is 19.7 Å². The third-order valence-corrected chi connectivity index (χ3v) is 5.51. The summed E-state index contributed by atoms with van der Waals surface area (Å²) >= 11 is 0. The molecule has 144 valence electrons. The number of amides is 3. The van der Waals surface area contributed by atoms with Gasteiger partial charge in [-0.15, -0.1) is 0 Å². The van der Waals surface area contributed by atoms with Gasteiger partial charge < -0.3 is 20.6 Å². The Morgan fingerprint density at radius 1 is 1.26 bits per heavy atom. The second kappa shape index (κ2) is 7.38. The van der Waals surface area contributed by atoms with Crippen molar-refractivity contribution in [3.05, 3.63) is 34.9 Å². The average Bonchev–Trinajstić information content (AvgIpc) is 3.19. The number of aliphatic hydroxyl groups excluding tert-OH is 1. The molecule has 0 aromatic heterocycles. The van der Waals surface area contributed by atoms with Crippen molar-refractivity contribution < 1.29 is 19.5 Å². The summed E-state index contributed by atoms with van der Waals surface area (Å²) in [6.07, 6.45) is 1.11. The lowest BCUT2D eigenvalue weighted by Crippen LogP contribution is -2.52. The van der Waals surface area contributed by atoms with Crippen molar-refractivity contribution in [1.29, 1.82) is 0 Å². The van der Waals surface area contributed by atoms with E-state index >= 15 is 0 Å². The maximum atomic E-state index is 12.8. The standard InChI is InChI=1S/C19H24N4O4/c24-14-6-13(21-9-14)8-20-7-11-1-2-12-10-23(19(27)15(12)5-11)16-3-4-17(25)22-18(16)26/h1-2,5,13-14,16,20-21,24H,3-4,6-10H2,(H,22,25,26)/t13-,14+,16?/m0/s1. The molecule has 8 heteroatoms. The molecular formula is C19H24N4O4. The number of carbonyl (C=O) groups is 3. The molecule has 0 bridgehead atoms. The Hall–Kier alpha value is -2.29. The lowest BCUT2D eigenvalue weighted by atomic mass is 10.0. The molecule has 3 aliphatic heterocycles. The van der Waals surface area contributed by atoms with Crippen molar-refractivity contribution in [3.8, 4) is 0 Å². The summed E-state index contributed by atoms with van der Waals surface area (Å²) in [5.74, 6) is -0.819. The van der Waals surface area contributed by atoms with E-state index in [1.54, 1.807) is 4.90 Å². The van der Waals surface area contributed by atoms with Crippen LogP contribution >= 0.6 is 0 Å². The summed E-state index contributed by atoms with van der Waals surface area (Å²) in [6.45, 7) is 2.42. The van der Waals surface area contributed by atoms with Crippen molar-refractivity contribution >= 4 is 17.7 Å². The summed E-state index contributed by atoms with van der Waals surface area (Å²) in [5, 5.41) is 18.5. The molecule has 1 unspecified atom stereocenters. The number of nitrogens with one attached hydrogen (secondary N) is 3. The molecule has 0 spiro atoms. The Morgan fingerprint density at radius 2 is 2.11 bits per heavy atom. The number of β-amino-alcohol motifs (C(OH)–C–C–N with tert-alkyl or cyclic N) is 1. The van der Waals surface area contributed by atoms with E-state index in [0.29, 0.717) is 31.6 Å². The second-order valence-electron chi connectivity index (χ2n) is 7.52. The number of carbonyl (C=O) groups excluding carboxylic acids is 3. The Balaban J connectivity index is 1.38. The van der Waals surface area contributed by atoms with Gasteiger partial charge in [0.05, 0.1) is 6.10 Å². The van der Waals surface area contributed by atoms with Gasteiger partial charge in [-0.1, -0.05) is 12.1 Å². The van der Waals surface area contributed by atoms with Crippen LogP contribution in [0, 0.1) is 0 Å². The van der Waals surface area contributed by atoms with Crippen LogP contribution in [0.2, 0.25) is 0 Å². The van der Waals surface area contributed by atoms with Gasteiger partial charge >= 0.3 is 0 Å². The van der Waals surface area contributed by atoms with Crippen molar-refractivity contribution in [2.45, 2.75) is 50.5 Å². The molecule has 3 aliphatic rings. The third-order valence-electron chi connectivity index (χ3n) is 5.51. The molecular weight excluding hydrogens is 348 g/mol. The van der Waals surface area contributed by atoms with Crippen LogP contribution < -0.4 is 16.0 Å². The molecule has 3 amide bonds. The van der Waals surface area contributed by atoms with Crippen molar-refractivity contribution in [2.24, 2.45) is 0 Å². The molecule has 27 heavy (non-hydrogen) atoms. The number of imide groups is 1. The molecule has 0 radical (unpaired) electrons. The normalized spacial score (nSPS) is 27.8. The lowest BCUT2D eigenvalue weighted by Gasteiger charge is -2.29. The Labute approximate surface area is 157 Å². The van der Waals surface area contributed by atoms with Gasteiger partial charge in [-0.25, -0.2) is 0 Å². The number of hydrogen-bond acceptors (Lipinski definition) is 6. The lowest BCUT2D eigenvalue weighted by molar-refractivity contribution is -0.136. The molecule has 3 heterocycles. The second-order valence-corrected chi connectivity index (χ2v) is 7.52. The van der Waals surface area contributed by atoms with E-state index in [4.69, 9.17) is 0 Å². The fourth-order valence-corrected chi connectivity index (χ4v) is 4.06. The van der Waals surface area contributed by atoms with E-state index in [9.17, 15) is 19.5 Å². The topological polar surface area (TPSA) is 111 Å². The molecule has 2 fully saturated rings. The van der Waals surface area contributed by atoms with Crippen molar-refractivity contribution in [3.63, 3.8) is 0 Å². The van der Waals surface area contributed by atoms with Gasteiger partial charge in [-0.2, -0.15) is 0 Å². The van der Waals surface area contributed by atoms with Gasteiger partial charge in [0.1, 0.15) is 6.04 Å². The van der Waals surface area contributed by atoms with Crippen LogP contribution in [0.25, 0.3) is 0 Å². The zero-order valence-corrected chi connectivity index (χ0v) is 15.0. The van der Waals surface area contributed by atoms with Crippen LogP contribution in [0.1, 0.15) is 40.7 Å². The molecule has 1 aromatic carbocycles. The zero-order chi connectivity index (χ0) is 19.0. The summed E-state index contributed by atoms with van der Waals surface area (Å²) in [4.78, 5) is 37.8. The first-order valence-electron chi connectivity index (χ1n) is 9.40. The number of fused-ring (bicyclic) bond motifs is 1. The molecule has 0 aliphatic carbocycles. The third kappa shape index (κ3) is 3.73. The maximum absolute atomic E-state index is 12.8. The van der Waals surface area contributed by atoms with Crippen LogP contribution in [0.5, 0.6) is 0 Å². The Morgan fingerprint density at radius 3 is 2.85 bits per heavy atom.